The van der Waals surface area contributed by atoms with Crippen LogP contribution in [0.15, 0.2) is 28.6 Å². The minimum Gasteiger partial charge on any atom is -0.271 e. The van der Waals surface area contributed by atoms with Gasteiger partial charge in [-0.15, -0.1) is 17.9 Å². The first kappa shape index (κ1) is 9.92. The van der Waals surface area contributed by atoms with Crippen LogP contribution in [0.5, 0.6) is 0 Å². The first-order valence-corrected chi connectivity index (χ1v) is 5.21. The zero-order valence-corrected chi connectivity index (χ0v) is 8.99. The number of rotatable bonds is 4. The second kappa shape index (κ2) is 4.77. The van der Waals surface area contributed by atoms with Crippen LogP contribution in [0.1, 0.15) is 17.3 Å². The summed E-state index contributed by atoms with van der Waals surface area (Å²) in [4.78, 5) is 1.23. The molecule has 0 bridgehead atoms. The highest BCUT2D eigenvalue weighted by molar-refractivity contribution is 9.11. The third kappa shape index (κ3) is 2.42. The van der Waals surface area contributed by atoms with E-state index in [1.54, 1.807) is 11.3 Å². The molecule has 0 saturated heterocycles. The fourth-order valence-electron chi connectivity index (χ4n) is 0.949. The molecule has 1 atom stereocenters. The molecule has 0 aliphatic carbocycles. The fraction of sp³-hybridized carbons (Fsp3) is 0.250. The van der Waals surface area contributed by atoms with Gasteiger partial charge in [-0.25, -0.2) is 0 Å². The Bertz CT molecular complexity index is 259. The maximum Gasteiger partial charge on any atom is 0.0702 e. The molecule has 0 amide bonds. The molecule has 0 spiro atoms. The minimum absolute atomic E-state index is 0.193. The molecular formula is C8H11BrN2S. The van der Waals surface area contributed by atoms with E-state index in [2.05, 4.69) is 34.0 Å². The number of nitrogens with one attached hydrogen (secondary N) is 1. The van der Waals surface area contributed by atoms with Crippen LogP contribution in [0.25, 0.3) is 0 Å². The van der Waals surface area contributed by atoms with Crippen LogP contribution in [0.4, 0.5) is 0 Å². The SMILES string of the molecule is C=CCC(NN)c1ccc(Br)s1. The Balaban J connectivity index is 2.72. The summed E-state index contributed by atoms with van der Waals surface area (Å²) in [6.45, 7) is 3.68. The number of hydrazine groups is 1. The van der Waals surface area contributed by atoms with Crippen molar-refractivity contribution in [2.24, 2.45) is 5.84 Å². The van der Waals surface area contributed by atoms with E-state index in [9.17, 15) is 0 Å². The van der Waals surface area contributed by atoms with Crippen LogP contribution >= 0.6 is 27.3 Å². The molecule has 1 aromatic rings. The average molecular weight is 247 g/mol. The second-order valence-electron chi connectivity index (χ2n) is 2.39. The molecule has 66 valence electrons. The zero-order valence-electron chi connectivity index (χ0n) is 6.59. The summed E-state index contributed by atoms with van der Waals surface area (Å²) >= 11 is 5.09. The quantitative estimate of drug-likeness (QED) is 0.487. The Morgan fingerprint density at radius 3 is 2.92 bits per heavy atom. The van der Waals surface area contributed by atoms with Crippen LogP contribution in [0, 0.1) is 0 Å². The van der Waals surface area contributed by atoms with Crippen molar-refractivity contribution in [2.75, 3.05) is 0 Å². The van der Waals surface area contributed by atoms with E-state index in [-0.39, 0.29) is 6.04 Å². The van der Waals surface area contributed by atoms with E-state index in [0.29, 0.717) is 0 Å². The van der Waals surface area contributed by atoms with Crippen molar-refractivity contribution in [2.45, 2.75) is 12.5 Å². The number of hydrogen-bond donors (Lipinski definition) is 2. The van der Waals surface area contributed by atoms with E-state index >= 15 is 0 Å². The molecule has 1 heterocycles. The third-order valence-corrected chi connectivity index (χ3v) is 3.28. The predicted octanol–water partition coefficient (Wildman–Crippen LogP) is 2.59. The Hall–Kier alpha value is -0.160. The Kier molecular flexibility index (Phi) is 3.94. The van der Waals surface area contributed by atoms with E-state index in [1.807, 2.05) is 12.1 Å². The number of thiophene rings is 1. The highest BCUT2D eigenvalue weighted by Crippen LogP contribution is 2.28. The van der Waals surface area contributed by atoms with Gasteiger partial charge in [0.1, 0.15) is 0 Å². The molecule has 1 aromatic heterocycles. The Labute approximate surface area is 84.6 Å². The van der Waals surface area contributed by atoms with Crippen LogP contribution in [-0.4, -0.2) is 0 Å². The molecule has 0 aliphatic rings. The van der Waals surface area contributed by atoms with E-state index in [1.165, 1.54) is 4.88 Å². The van der Waals surface area contributed by atoms with Gasteiger partial charge in [0.25, 0.3) is 0 Å². The van der Waals surface area contributed by atoms with Gasteiger partial charge in [0.2, 0.25) is 0 Å². The molecule has 12 heavy (non-hydrogen) atoms. The van der Waals surface area contributed by atoms with Gasteiger partial charge in [-0.3, -0.25) is 11.3 Å². The summed E-state index contributed by atoms with van der Waals surface area (Å²) in [6, 6.07) is 4.27. The number of halogens is 1. The molecule has 0 aliphatic heterocycles. The minimum atomic E-state index is 0.193. The van der Waals surface area contributed by atoms with E-state index in [0.717, 1.165) is 10.2 Å². The monoisotopic (exact) mass is 246 g/mol. The standard InChI is InChI=1S/C8H11BrN2S/c1-2-3-6(11-10)7-4-5-8(9)12-7/h2,4-6,11H,1,3,10H2. The normalized spacial score (nSPS) is 12.8. The van der Waals surface area contributed by atoms with Gasteiger partial charge in [0, 0.05) is 4.88 Å². The predicted molar refractivity (Wildman–Crippen MR) is 56.9 cm³/mol. The molecule has 1 rings (SSSR count). The Morgan fingerprint density at radius 1 is 1.75 bits per heavy atom. The van der Waals surface area contributed by atoms with Crippen molar-refractivity contribution in [3.05, 3.63) is 33.5 Å². The number of hydrogen-bond acceptors (Lipinski definition) is 3. The van der Waals surface area contributed by atoms with Crippen molar-refractivity contribution in [3.63, 3.8) is 0 Å². The lowest BCUT2D eigenvalue weighted by Gasteiger charge is -2.10. The third-order valence-electron chi connectivity index (χ3n) is 1.54. The summed E-state index contributed by atoms with van der Waals surface area (Å²) < 4.78 is 1.13. The second-order valence-corrected chi connectivity index (χ2v) is 4.88. The number of nitrogens with two attached hydrogens (primary N) is 1. The molecule has 2 nitrogen and oxygen atoms in total. The Morgan fingerprint density at radius 2 is 2.50 bits per heavy atom. The first-order valence-electron chi connectivity index (χ1n) is 3.60. The van der Waals surface area contributed by atoms with Crippen molar-refractivity contribution < 1.29 is 0 Å². The summed E-state index contributed by atoms with van der Waals surface area (Å²) in [5.74, 6) is 5.39. The first-order chi connectivity index (χ1) is 5.77. The average Bonchev–Trinajstić information content (AvgIpc) is 2.47. The molecule has 0 aromatic carbocycles. The fourth-order valence-corrected chi connectivity index (χ4v) is 2.45. The molecule has 0 radical (unpaired) electrons. The van der Waals surface area contributed by atoms with Crippen molar-refractivity contribution in [3.8, 4) is 0 Å². The van der Waals surface area contributed by atoms with Crippen LogP contribution in [-0.2, 0) is 0 Å². The lowest BCUT2D eigenvalue weighted by atomic mass is 10.2. The maximum absolute atomic E-state index is 5.39. The lowest BCUT2D eigenvalue weighted by molar-refractivity contribution is 0.570. The molecule has 0 fully saturated rings. The van der Waals surface area contributed by atoms with Gasteiger partial charge in [-0.2, -0.15) is 0 Å². The van der Waals surface area contributed by atoms with Gasteiger partial charge in [0.05, 0.1) is 9.83 Å². The molecule has 0 saturated carbocycles. The van der Waals surface area contributed by atoms with Gasteiger partial charge in [-0.1, -0.05) is 6.08 Å². The van der Waals surface area contributed by atoms with Gasteiger partial charge in [0.15, 0.2) is 0 Å². The molecule has 4 heteroatoms. The van der Waals surface area contributed by atoms with Crippen LogP contribution in [0.2, 0.25) is 0 Å². The summed E-state index contributed by atoms with van der Waals surface area (Å²) in [7, 11) is 0. The maximum atomic E-state index is 5.39. The van der Waals surface area contributed by atoms with Gasteiger partial charge < -0.3 is 0 Å². The lowest BCUT2D eigenvalue weighted by Crippen LogP contribution is -2.26. The largest absolute Gasteiger partial charge is 0.271 e. The van der Waals surface area contributed by atoms with Crippen molar-refractivity contribution in [1.82, 2.24) is 5.43 Å². The summed E-state index contributed by atoms with van der Waals surface area (Å²) in [5.41, 5.74) is 2.75. The smallest absolute Gasteiger partial charge is 0.0702 e. The highest BCUT2D eigenvalue weighted by Gasteiger charge is 2.09. The van der Waals surface area contributed by atoms with Crippen molar-refractivity contribution in [1.29, 1.82) is 0 Å². The molecule has 3 N–H and O–H groups in total. The summed E-state index contributed by atoms with van der Waals surface area (Å²) in [6.07, 6.45) is 2.71. The van der Waals surface area contributed by atoms with E-state index < -0.39 is 0 Å². The van der Waals surface area contributed by atoms with Crippen molar-refractivity contribution >= 4 is 27.3 Å². The summed E-state index contributed by atoms with van der Waals surface area (Å²) in [5, 5.41) is 0. The zero-order chi connectivity index (χ0) is 8.97. The van der Waals surface area contributed by atoms with Crippen LogP contribution in [0.3, 0.4) is 0 Å². The molecular weight excluding hydrogens is 236 g/mol. The van der Waals surface area contributed by atoms with Gasteiger partial charge >= 0.3 is 0 Å². The highest BCUT2D eigenvalue weighted by atomic mass is 79.9. The van der Waals surface area contributed by atoms with Gasteiger partial charge in [-0.05, 0) is 34.5 Å². The van der Waals surface area contributed by atoms with Crippen LogP contribution < -0.4 is 11.3 Å². The molecule has 1 unspecified atom stereocenters. The van der Waals surface area contributed by atoms with E-state index in [4.69, 9.17) is 5.84 Å². The topological polar surface area (TPSA) is 38.0 Å².